The topological polar surface area (TPSA) is 99.9 Å². The van der Waals surface area contributed by atoms with Crippen molar-refractivity contribution in [1.29, 1.82) is 5.26 Å². The lowest BCUT2D eigenvalue weighted by Crippen LogP contribution is -2.63. The van der Waals surface area contributed by atoms with Crippen LogP contribution in [0.5, 0.6) is 0 Å². The average molecular weight is 336 g/mol. The number of fused-ring (bicyclic) bond motifs is 2. The molecule has 3 atom stereocenters. The molecule has 0 spiro atoms. The van der Waals surface area contributed by atoms with Crippen LogP contribution in [0.4, 0.5) is 4.79 Å². The number of rotatable bonds is 3. The maximum atomic E-state index is 12.5. The van der Waals surface area contributed by atoms with Gasteiger partial charge in [-0.3, -0.25) is 9.69 Å². The predicted molar refractivity (Wildman–Crippen MR) is 85.1 cm³/mol. The highest BCUT2D eigenvalue weighted by molar-refractivity contribution is 5.75. The van der Waals surface area contributed by atoms with Crippen LogP contribution in [0.3, 0.4) is 0 Å². The van der Waals surface area contributed by atoms with Crippen LogP contribution in [0.2, 0.25) is 0 Å². The first-order chi connectivity index (χ1) is 11.1. The Kier molecular flexibility index (Phi) is 4.90. The number of ether oxygens (including phenoxy) is 2. The van der Waals surface area contributed by atoms with Gasteiger partial charge >= 0.3 is 12.1 Å². The molecule has 0 aromatic rings. The van der Waals surface area contributed by atoms with Gasteiger partial charge in [-0.25, -0.2) is 4.79 Å². The molecular weight excluding hydrogens is 312 g/mol. The number of amides is 1. The molecule has 132 valence electrons. The van der Waals surface area contributed by atoms with E-state index < -0.39 is 29.0 Å². The molecule has 2 saturated heterocycles. The molecule has 7 heteroatoms. The smallest absolute Gasteiger partial charge is 0.410 e. The van der Waals surface area contributed by atoms with E-state index in [4.69, 9.17) is 9.47 Å². The van der Waals surface area contributed by atoms with E-state index >= 15 is 0 Å². The molecular formula is C17H24N2O5. The van der Waals surface area contributed by atoms with Crippen molar-refractivity contribution >= 4 is 12.1 Å². The van der Waals surface area contributed by atoms with Crippen molar-refractivity contribution in [3.63, 3.8) is 0 Å². The fraction of sp³-hybridized carbons (Fsp3) is 0.706. The number of piperidine rings is 1. The van der Waals surface area contributed by atoms with E-state index in [-0.39, 0.29) is 12.1 Å². The molecule has 2 aliphatic heterocycles. The quantitative estimate of drug-likeness (QED) is 0.793. The lowest BCUT2D eigenvalue weighted by Gasteiger charge is -2.52. The van der Waals surface area contributed by atoms with Crippen molar-refractivity contribution in [1.82, 2.24) is 4.90 Å². The van der Waals surface area contributed by atoms with E-state index in [0.717, 1.165) is 0 Å². The van der Waals surface area contributed by atoms with Gasteiger partial charge in [-0.2, -0.15) is 5.26 Å². The van der Waals surface area contributed by atoms with Crippen LogP contribution in [-0.2, 0) is 14.3 Å². The second-order valence-electron chi connectivity index (χ2n) is 7.48. The number of hydrogen-bond donors (Lipinski definition) is 1. The number of morpholine rings is 1. The molecule has 1 amide bonds. The van der Waals surface area contributed by atoms with E-state index in [1.165, 1.54) is 0 Å². The molecule has 0 aromatic carbocycles. The third kappa shape index (κ3) is 3.39. The predicted octanol–water partition coefficient (Wildman–Crippen LogP) is 2.18. The Labute approximate surface area is 141 Å². The standard InChI is InChI=1S/C17H24N2O5/c1-5-17(13(8-18)14(20)21)6-11-9-23-10-12(7-17)19(11)15(22)24-16(2,3)4/h5,11-13H,1,6-7,9-10H2,2-4H3,(H,20,21). The van der Waals surface area contributed by atoms with E-state index in [1.807, 2.05) is 6.07 Å². The van der Waals surface area contributed by atoms with Crippen molar-refractivity contribution in [3.05, 3.63) is 12.7 Å². The van der Waals surface area contributed by atoms with Gasteiger partial charge in [0.25, 0.3) is 0 Å². The maximum absolute atomic E-state index is 12.5. The summed E-state index contributed by atoms with van der Waals surface area (Å²) in [5.74, 6) is -2.36. The van der Waals surface area contributed by atoms with E-state index in [2.05, 4.69) is 6.58 Å². The van der Waals surface area contributed by atoms with Gasteiger partial charge in [0, 0.05) is 5.41 Å². The summed E-state index contributed by atoms with van der Waals surface area (Å²) in [6, 6.07) is 1.22. The van der Waals surface area contributed by atoms with E-state index in [0.29, 0.717) is 26.1 Å². The van der Waals surface area contributed by atoms with Gasteiger partial charge in [0.15, 0.2) is 5.92 Å². The summed E-state index contributed by atoms with van der Waals surface area (Å²) in [5, 5.41) is 18.7. The van der Waals surface area contributed by atoms with Gasteiger partial charge in [-0.15, -0.1) is 6.58 Å². The highest BCUT2D eigenvalue weighted by atomic mass is 16.6. The van der Waals surface area contributed by atoms with Gasteiger partial charge in [0.05, 0.1) is 31.4 Å². The molecule has 2 bridgehead atoms. The first-order valence-electron chi connectivity index (χ1n) is 7.98. The minimum Gasteiger partial charge on any atom is -0.480 e. The number of allylic oxidation sites excluding steroid dienone is 1. The third-order valence-corrected chi connectivity index (χ3v) is 4.60. The van der Waals surface area contributed by atoms with Crippen molar-refractivity contribution < 1.29 is 24.2 Å². The molecule has 0 saturated carbocycles. The number of hydrogen-bond acceptors (Lipinski definition) is 5. The van der Waals surface area contributed by atoms with Crippen molar-refractivity contribution in [2.75, 3.05) is 13.2 Å². The lowest BCUT2D eigenvalue weighted by molar-refractivity contribution is -0.148. The number of carboxylic acids is 1. The lowest BCUT2D eigenvalue weighted by atomic mass is 9.64. The molecule has 24 heavy (non-hydrogen) atoms. The van der Waals surface area contributed by atoms with Gasteiger partial charge < -0.3 is 14.6 Å². The zero-order chi connectivity index (χ0) is 18.1. The summed E-state index contributed by atoms with van der Waals surface area (Å²) < 4.78 is 11.0. The Balaban J connectivity index is 2.30. The molecule has 0 radical (unpaired) electrons. The van der Waals surface area contributed by atoms with Gasteiger partial charge in [0.1, 0.15) is 5.60 Å². The molecule has 2 fully saturated rings. The van der Waals surface area contributed by atoms with Gasteiger partial charge in [0.2, 0.25) is 0 Å². The van der Waals surface area contributed by atoms with Gasteiger partial charge in [-0.1, -0.05) is 6.08 Å². The molecule has 2 rings (SSSR count). The van der Waals surface area contributed by atoms with Crippen LogP contribution in [0.15, 0.2) is 12.7 Å². The number of nitrogens with zero attached hydrogens (tertiary/aromatic N) is 2. The van der Waals surface area contributed by atoms with Crippen LogP contribution in [0, 0.1) is 22.7 Å². The summed E-state index contributed by atoms with van der Waals surface area (Å²) in [6.45, 7) is 9.75. The summed E-state index contributed by atoms with van der Waals surface area (Å²) >= 11 is 0. The molecule has 0 aromatic heterocycles. The van der Waals surface area contributed by atoms with Crippen LogP contribution in [0.1, 0.15) is 33.6 Å². The van der Waals surface area contributed by atoms with E-state index in [1.54, 1.807) is 31.7 Å². The number of nitriles is 1. The van der Waals surface area contributed by atoms with Crippen LogP contribution in [-0.4, -0.2) is 53.0 Å². The third-order valence-electron chi connectivity index (χ3n) is 4.60. The summed E-state index contributed by atoms with van der Waals surface area (Å²) in [7, 11) is 0. The normalized spacial score (nSPS) is 30.8. The Bertz CT molecular complexity index is 561. The monoisotopic (exact) mass is 336 g/mol. The number of carbonyl (C=O) groups is 2. The van der Waals surface area contributed by atoms with Gasteiger partial charge in [-0.05, 0) is 33.6 Å². The molecule has 2 heterocycles. The Morgan fingerprint density at radius 3 is 2.33 bits per heavy atom. The molecule has 0 aliphatic carbocycles. The minimum absolute atomic E-state index is 0.295. The van der Waals surface area contributed by atoms with Crippen LogP contribution in [0.25, 0.3) is 0 Å². The number of carbonyl (C=O) groups excluding carboxylic acids is 1. The average Bonchev–Trinajstić information content (AvgIpc) is 2.44. The molecule has 2 aliphatic rings. The Hall–Kier alpha value is -2.07. The van der Waals surface area contributed by atoms with Crippen molar-refractivity contribution in [3.8, 4) is 6.07 Å². The molecule has 7 nitrogen and oxygen atoms in total. The molecule has 1 N–H and O–H groups in total. The summed E-state index contributed by atoms with van der Waals surface area (Å²) in [4.78, 5) is 25.7. The minimum atomic E-state index is -1.20. The zero-order valence-corrected chi connectivity index (χ0v) is 14.3. The Morgan fingerprint density at radius 2 is 1.96 bits per heavy atom. The Morgan fingerprint density at radius 1 is 1.42 bits per heavy atom. The fourth-order valence-corrected chi connectivity index (χ4v) is 3.64. The fourth-order valence-electron chi connectivity index (χ4n) is 3.64. The van der Waals surface area contributed by atoms with Crippen molar-refractivity contribution in [2.45, 2.75) is 51.3 Å². The first-order valence-corrected chi connectivity index (χ1v) is 7.98. The SMILES string of the molecule is C=CC1(C(C#N)C(=O)O)CC2COCC(C1)N2C(=O)OC(C)(C)C. The summed E-state index contributed by atoms with van der Waals surface area (Å²) in [6.07, 6.45) is 1.77. The summed E-state index contributed by atoms with van der Waals surface area (Å²) in [5.41, 5.74) is -1.49. The highest BCUT2D eigenvalue weighted by Gasteiger charge is 2.53. The van der Waals surface area contributed by atoms with Crippen LogP contribution < -0.4 is 0 Å². The largest absolute Gasteiger partial charge is 0.480 e. The maximum Gasteiger partial charge on any atom is 0.410 e. The first kappa shape index (κ1) is 18.3. The molecule has 3 unspecified atom stereocenters. The van der Waals surface area contributed by atoms with Crippen molar-refractivity contribution in [2.24, 2.45) is 11.3 Å². The second kappa shape index (κ2) is 6.44. The zero-order valence-electron chi connectivity index (χ0n) is 14.3. The second-order valence-corrected chi connectivity index (χ2v) is 7.48. The van der Waals surface area contributed by atoms with E-state index in [9.17, 15) is 20.0 Å². The highest BCUT2D eigenvalue weighted by Crippen LogP contribution is 2.47. The number of carboxylic acid groups (broad SMARTS) is 1. The number of aliphatic carboxylic acids is 1. The van der Waals surface area contributed by atoms with Crippen LogP contribution >= 0.6 is 0 Å².